The smallest absolute Gasteiger partial charge is 0.251 e. The molecule has 0 aliphatic heterocycles. The summed E-state index contributed by atoms with van der Waals surface area (Å²) < 4.78 is 21.6. The lowest BCUT2D eigenvalue weighted by atomic mass is 10.2. The Hall–Kier alpha value is -4.48. The number of methoxy groups -OCH3 is 1. The third kappa shape index (κ3) is 9.00. The van der Waals surface area contributed by atoms with Crippen LogP contribution in [0.3, 0.4) is 0 Å². The number of aromatic nitrogens is 4. The Balaban J connectivity index is 0.00000121. The number of imidazole rings is 1. The van der Waals surface area contributed by atoms with Crippen LogP contribution in [-0.4, -0.2) is 43.7 Å². The lowest BCUT2D eigenvalue weighted by molar-refractivity contribution is 0.0954. The van der Waals surface area contributed by atoms with E-state index in [1.54, 1.807) is 62.1 Å². The first-order chi connectivity index (χ1) is 21.0. The van der Waals surface area contributed by atoms with E-state index in [0.717, 1.165) is 5.69 Å². The summed E-state index contributed by atoms with van der Waals surface area (Å²) in [4.78, 5) is 29.4. The van der Waals surface area contributed by atoms with E-state index in [1.807, 2.05) is 52.0 Å². The van der Waals surface area contributed by atoms with Crippen LogP contribution in [0.2, 0.25) is 5.02 Å². The highest BCUT2D eigenvalue weighted by Gasteiger charge is 2.16. The van der Waals surface area contributed by atoms with Gasteiger partial charge in [-0.3, -0.25) is 9.52 Å². The maximum Gasteiger partial charge on any atom is 0.251 e. The molecule has 1 atom stereocenters. The van der Waals surface area contributed by atoms with E-state index in [9.17, 15) is 9.00 Å². The fraction of sp³-hybridized carbons (Fsp3) is 0.226. The van der Waals surface area contributed by atoms with Gasteiger partial charge < -0.3 is 20.4 Å². The summed E-state index contributed by atoms with van der Waals surface area (Å²) in [7, 11) is -0.195. The summed E-state index contributed by atoms with van der Waals surface area (Å²) in [5.74, 6) is 0.910. The Bertz CT molecular complexity index is 1650. The Labute approximate surface area is 259 Å². The molecule has 12 heteroatoms. The normalized spacial score (nSPS) is 10.8. The third-order valence-electron chi connectivity index (χ3n) is 5.73. The van der Waals surface area contributed by atoms with Crippen molar-refractivity contribution in [3.05, 3.63) is 95.5 Å². The second-order valence-corrected chi connectivity index (χ2v) is 9.98. The number of hydrogen-bond donors (Lipinski definition) is 4. The Kier molecular flexibility index (Phi) is 12.9. The minimum absolute atomic E-state index is 0.250. The zero-order valence-electron chi connectivity index (χ0n) is 24.8. The highest BCUT2D eigenvalue weighted by molar-refractivity contribution is 7.86. The van der Waals surface area contributed by atoms with Gasteiger partial charge in [-0.1, -0.05) is 57.5 Å². The predicted octanol–water partition coefficient (Wildman–Crippen LogP) is 6.92. The Morgan fingerprint density at radius 3 is 2.35 bits per heavy atom. The highest BCUT2D eigenvalue weighted by atomic mass is 35.5. The molecule has 0 saturated carbocycles. The molecule has 10 nitrogen and oxygen atoms in total. The summed E-state index contributed by atoms with van der Waals surface area (Å²) in [6.07, 6.45) is 3.92. The van der Waals surface area contributed by atoms with Crippen molar-refractivity contribution in [1.29, 1.82) is 0 Å². The van der Waals surface area contributed by atoms with Gasteiger partial charge in [0, 0.05) is 36.5 Å². The minimum atomic E-state index is -1.76. The maximum absolute atomic E-state index is 13.4. The van der Waals surface area contributed by atoms with Crippen molar-refractivity contribution in [2.75, 3.05) is 23.7 Å². The number of rotatable bonds is 10. The summed E-state index contributed by atoms with van der Waals surface area (Å²) in [6, 6.07) is 19.1. The zero-order chi connectivity index (χ0) is 31.2. The van der Waals surface area contributed by atoms with Gasteiger partial charge in [0.1, 0.15) is 5.75 Å². The molecule has 5 aromatic rings. The lowest BCUT2D eigenvalue weighted by Gasteiger charge is -2.15. The molecule has 43 heavy (non-hydrogen) atoms. The van der Waals surface area contributed by atoms with Crippen molar-refractivity contribution in [2.24, 2.45) is 0 Å². The number of para-hydroxylation sites is 2. The van der Waals surface area contributed by atoms with E-state index in [1.165, 1.54) is 0 Å². The van der Waals surface area contributed by atoms with Gasteiger partial charge in [0.15, 0.2) is 22.6 Å². The number of halogens is 1. The quantitative estimate of drug-likeness (QED) is 0.133. The molecule has 226 valence electrons. The Morgan fingerprint density at radius 2 is 1.67 bits per heavy atom. The van der Waals surface area contributed by atoms with Gasteiger partial charge in [-0.05, 0) is 42.5 Å². The van der Waals surface area contributed by atoms with Crippen molar-refractivity contribution in [3.63, 3.8) is 0 Å². The van der Waals surface area contributed by atoms with E-state index in [4.69, 9.17) is 16.3 Å². The summed E-state index contributed by atoms with van der Waals surface area (Å²) >= 11 is 6.40. The van der Waals surface area contributed by atoms with Gasteiger partial charge in [-0.25, -0.2) is 19.2 Å². The van der Waals surface area contributed by atoms with E-state index < -0.39 is 11.0 Å². The number of carbonyl (C=O) groups is 1. The van der Waals surface area contributed by atoms with E-state index in [-0.39, 0.29) is 11.7 Å². The minimum Gasteiger partial charge on any atom is -0.497 e. The first-order valence-electron chi connectivity index (χ1n) is 13.9. The number of benzene rings is 3. The second kappa shape index (κ2) is 16.8. The largest absolute Gasteiger partial charge is 0.497 e. The molecular weight excluding hydrogens is 586 g/mol. The molecule has 2 aromatic heterocycles. The van der Waals surface area contributed by atoms with Crippen molar-refractivity contribution in [2.45, 2.75) is 39.0 Å². The first kappa shape index (κ1) is 33.0. The summed E-state index contributed by atoms with van der Waals surface area (Å²) in [6.45, 7) is 8.43. The fourth-order valence-corrected chi connectivity index (χ4v) is 4.78. The summed E-state index contributed by atoms with van der Waals surface area (Å²) in [5.41, 5.74) is 3.11. The van der Waals surface area contributed by atoms with Crippen molar-refractivity contribution < 1.29 is 13.7 Å². The predicted molar refractivity (Wildman–Crippen MR) is 175 cm³/mol. The number of nitrogens with one attached hydrogen (secondary N) is 4. The molecule has 0 aliphatic rings. The average molecular weight is 622 g/mol. The second-order valence-electron chi connectivity index (χ2n) is 8.36. The van der Waals surface area contributed by atoms with Crippen molar-refractivity contribution >= 4 is 56.9 Å². The highest BCUT2D eigenvalue weighted by Crippen LogP contribution is 2.32. The van der Waals surface area contributed by atoms with E-state index in [2.05, 4.69) is 35.3 Å². The van der Waals surface area contributed by atoms with Crippen LogP contribution in [0, 0.1) is 0 Å². The summed E-state index contributed by atoms with van der Waals surface area (Å²) in [5, 5.41) is 6.49. The number of fused-ring (bicyclic) bond motifs is 1. The molecule has 0 saturated heterocycles. The topological polar surface area (TPSA) is 134 Å². The van der Waals surface area contributed by atoms with Gasteiger partial charge in [-0.15, -0.1) is 0 Å². The molecule has 0 radical (unpaired) electrons. The molecule has 4 N–H and O–H groups in total. The number of ether oxygens (including phenoxy) is 1. The molecule has 1 amide bonds. The van der Waals surface area contributed by atoms with Gasteiger partial charge in [0.05, 0.1) is 40.1 Å². The van der Waals surface area contributed by atoms with Crippen molar-refractivity contribution in [1.82, 2.24) is 25.3 Å². The maximum atomic E-state index is 13.4. The van der Waals surface area contributed by atoms with E-state index >= 15 is 0 Å². The van der Waals surface area contributed by atoms with Crippen molar-refractivity contribution in [3.8, 4) is 5.75 Å². The number of amides is 1. The van der Waals surface area contributed by atoms with Crippen LogP contribution >= 0.6 is 11.6 Å². The third-order valence-corrected chi connectivity index (χ3v) is 7.12. The Morgan fingerprint density at radius 1 is 0.953 bits per heavy atom. The fourth-order valence-electron chi connectivity index (χ4n) is 3.75. The average Bonchev–Trinajstić information content (AvgIpc) is 3.58. The number of aromatic amines is 1. The van der Waals surface area contributed by atoms with Crippen LogP contribution in [0.15, 0.2) is 84.1 Å². The molecule has 5 rings (SSSR count). The number of H-pyrrole nitrogens is 1. The molecule has 0 spiro atoms. The molecule has 0 aliphatic carbocycles. The molecular formula is C31H36ClN7O3S. The molecule has 2 heterocycles. The van der Waals surface area contributed by atoms with E-state index in [0.29, 0.717) is 56.7 Å². The van der Waals surface area contributed by atoms with Gasteiger partial charge in [0.25, 0.3) is 5.91 Å². The monoisotopic (exact) mass is 621 g/mol. The number of anilines is 3. The van der Waals surface area contributed by atoms with Crippen LogP contribution in [-0.2, 0) is 17.4 Å². The number of nitrogens with zero attached hydrogens (tertiary/aromatic N) is 3. The van der Waals surface area contributed by atoms with Crippen LogP contribution < -0.4 is 20.1 Å². The van der Waals surface area contributed by atoms with Crippen LogP contribution in [0.25, 0.3) is 11.0 Å². The van der Waals surface area contributed by atoms with Gasteiger partial charge in [0.2, 0.25) is 0 Å². The molecule has 0 fully saturated rings. The standard InChI is InChI=1S/C27H24ClN7O3S.2C2H6/c1-38-19-9-10-21(28)24(14-19)34-25-26(33-23-8-3-2-7-22(23)32-25)35-39(37)20-6-4-5-17(13-20)27(36)30-12-11-18-15-29-16-31-18;2*1-2/h2-10,13-16H,11-12H2,1H3,(H,29,31)(H,30,36)(H,32,34)(H,33,35);2*1-2H3. The van der Waals surface area contributed by atoms with Gasteiger partial charge >= 0.3 is 0 Å². The molecule has 3 aromatic carbocycles. The van der Waals surface area contributed by atoms with Gasteiger partial charge in [-0.2, -0.15) is 0 Å². The number of carbonyl (C=O) groups excluding carboxylic acids is 1. The van der Waals surface area contributed by atoms with Crippen LogP contribution in [0.5, 0.6) is 5.75 Å². The lowest BCUT2D eigenvalue weighted by Crippen LogP contribution is -2.26. The molecule has 1 unspecified atom stereocenters. The van der Waals surface area contributed by atoms with Crippen LogP contribution in [0.1, 0.15) is 43.7 Å². The first-order valence-corrected chi connectivity index (χ1v) is 15.4. The molecule has 0 bridgehead atoms. The number of hydrogen-bond acceptors (Lipinski definition) is 7. The SMILES string of the molecule is CC.CC.COc1ccc(Cl)c(Nc2nc3ccccc3nc2NS(=O)c2cccc(C(=O)NCCc3cnc[nH]3)c2)c1. The zero-order valence-corrected chi connectivity index (χ0v) is 26.3. The van der Waals surface area contributed by atoms with Crippen LogP contribution in [0.4, 0.5) is 17.3 Å².